The van der Waals surface area contributed by atoms with Crippen molar-refractivity contribution in [3.63, 3.8) is 0 Å². The van der Waals surface area contributed by atoms with Crippen LogP contribution in [0.15, 0.2) is 24.4 Å². The van der Waals surface area contributed by atoms with E-state index in [0.29, 0.717) is 11.1 Å². The van der Waals surface area contributed by atoms with Crippen LogP contribution in [0.25, 0.3) is 10.9 Å². The summed E-state index contributed by atoms with van der Waals surface area (Å²) in [7, 11) is -3.80. The van der Waals surface area contributed by atoms with E-state index in [1.165, 1.54) is 0 Å². The van der Waals surface area contributed by atoms with Gasteiger partial charge in [0.25, 0.3) is 0 Å². The quantitative estimate of drug-likeness (QED) is 0.706. The van der Waals surface area contributed by atoms with Crippen LogP contribution in [0.4, 0.5) is 0 Å². The van der Waals surface area contributed by atoms with Gasteiger partial charge in [-0.3, -0.25) is 9.36 Å². The van der Waals surface area contributed by atoms with Crippen molar-refractivity contribution in [2.24, 2.45) is 0 Å². The maximum absolute atomic E-state index is 12.9. The Kier molecular flexibility index (Phi) is 5.79. The number of aromatic amines is 1. The summed E-state index contributed by atoms with van der Waals surface area (Å²) in [6, 6.07) is 7.14. The number of hydrogen-bond acceptors (Lipinski definition) is 5. The maximum Gasteiger partial charge on any atom is 0.345 e. The van der Waals surface area contributed by atoms with Crippen LogP contribution >= 0.6 is 7.60 Å². The van der Waals surface area contributed by atoms with Gasteiger partial charge < -0.3 is 19.1 Å². The van der Waals surface area contributed by atoms with Gasteiger partial charge in [-0.2, -0.15) is 5.26 Å². The third-order valence-electron chi connectivity index (χ3n) is 3.59. The summed E-state index contributed by atoms with van der Waals surface area (Å²) in [5.74, 6) is -1.24. The van der Waals surface area contributed by atoms with Crippen LogP contribution in [0, 0.1) is 11.3 Å². The van der Waals surface area contributed by atoms with Gasteiger partial charge in [-0.1, -0.05) is 0 Å². The van der Waals surface area contributed by atoms with E-state index in [-0.39, 0.29) is 19.6 Å². The fourth-order valence-corrected chi connectivity index (χ4v) is 4.38. The van der Waals surface area contributed by atoms with Gasteiger partial charge in [0, 0.05) is 17.1 Å². The van der Waals surface area contributed by atoms with Gasteiger partial charge in [-0.25, -0.2) is 0 Å². The number of hydrogen-bond donors (Lipinski definition) is 2. The first kappa shape index (κ1) is 18.2. The lowest BCUT2D eigenvalue weighted by Crippen LogP contribution is -2.25. The molecule has 1 heterocycles. The molecule has 2 N–H and O–H groups in total. The van der Waals surface area contributed by atoms with Crippen LogP contribution in [-0.4, -0.2) is 34.9 Å². The molecule has 0 saturated heterocycles. The molecule has 0 bridgehead atoms. The summed E-state index contributed by atoms with van der Waals surface area (Å²) in [6.45, 7) is 3.45. The number of fused-ring (bicyclic) bond motifs is 1. The van der Waals surface area contributed by atoms with Crippen molar-refractivity contribution >= 4 is 24.5 Å². The predicted octanol–water partition coefficient (Wildman–Crippen LogP) is 3.30. The van der Waals surface area contributed by atoms with Gasteiger partial charge in [-0.15, -0.1) is 0 Å². The number of carboxylic acid groups (broad SMARTS) is 1. The number of aromatic nitrogens is 1. The van der Waals surface area contributed by atoms with Crippen LogP contribution in [0.3, 0.4) is 0 Å². The summed E-state index contributed by atoms with van der Waals surface area (Å²) in [5.41, 5.74) is 0.570. The lowest BCUT2D eigenvalue weighted by Gasteiger charge is -2.23. The molecule has 1 aromatic heterocycles. The van der Waals surface area contributed by atoms with E-state index >= 15 is 0 Å². The first-order chi connectivity index (χ1) is 11.4. The van der Waals surface area contributed by atoms with Crippen LogP contribution < -0.4 is 0 Å². The average molecular weight is 350 g/mol. The standard InChI is InChI=1S/C16H19N2O5P/c1-3-22-24(21,23-4-2)15(16(19)20)8-12-10-18-14-6-5-11(9-17)7-13(12)14/h5-7,10,15,18H,3-4,8H2,1-2H3,(H,19,20). The van der Waals surface area contributed by atoms with Crippen molar-refractivity contribution in [2.45, 2.75) is 25.9 Å². The fourth-order valence-electron chi connectivity index (χ4n) is 2.54. The second kappa shape index (κ2) is 7.63. The third kappa shape index (κ3) is 3.68. The minimum Gasteiger partial charge on any atom is -0.481 e. The summed E-state index contributed by atoms with van der Waals surface area (Å²) in [4.78, 5) is 14.7. The van der Waals surface area contributed by atoms with Gasteiger partial charge in [0.2, 0.25) is 0 Å². The number of benzene rings is 1. The maximum atomic E-state index is 12.9. The fraction of sp³-hybridized carbons (Fsp3) is 0.375. The van der Waals surface area contributed by atoms with Crippen LogP contribution in [0.2, 0.25) is 0 Å². The normalized spacial score (nSPS) is 12.9. The largest absolute Gasteiger partial charge is 0.481 e. The molecule has 1 atom stereocenters. The second-order valence-electron chi connectivity index (χ2n) is 5.12. The van der Waals surface area contributed by atoms with Gasteiger partial charge in [-0.05, 0) is 44.0 Å². The third-order valence-corrected chi connectivity index (χ3v) is 6.00. The minimum atomic E-state index is -3.80. The number of nitriles is 1. The van der Waals surface area contributed by atoms with Gasteiger partial charge >= 0.3 is 13.6 Å². The number of H-pyrrole nitrogens is 1. The number of aliphatic carboxylic acids is 1. The molecule has 1 unspecified atom stereocenters. The van der Waals surface area contributed by atoms with Crippen LogP contribution in [0.5, 0.6) is 0 Å². The molecular weight excluding hydrogens is 331 g/mol. The lowest BCUT2D eigenvalue weighted by molar-refractivity contribution is -0.137. The van der Waals surface area contributed by atoms with E-state index in [1.807, 2.05) is 6.07 Å². The van der Waals surface area contributed by atoms with Crippen molar-refractivity contribution in [3.05, 3.63) is 35.5 Å². The topological polar surface area (TPSA) is 112 Å². The molecule has 128 valence electrons. The Hall–Kier alpha value is -2.13. The molecule has 0 radical (unpaired) electrons. The van der Waals surface area contributed by atoms with E-state index in [2.05, 4.69) is 4.98 Å². The van der Waals surface area contributed by atoms with Gasteiger partial charge in [0.05, 0.1) is 24.8 Å². The first-order valence-corrected chi connectivity index (χ1v) is 9.18. The Morgan fingerprint density at radius 1 is 1.38 bits per heavy atom. The van der Waals surface area contributed by atoms with Crippen molar-refractivity contribution in [1.29, 1.82) is 5.26 Å². The number of nitrogens with zero attached hydrogens (tertiary/aromatic N) is 1. The number of carboxylic acids is 1. The Morgan fingerprint density at radius 2 is 2.04 bits per heavy atom. The molecule has 1 aromatic carbocycles. The Balaban J connectivity index is 2.43. The smallest absolute Gasteiger partial charge is 0.345 e. The lowest BCUT2D eigenvalue weighted by atomic mass is 10.1. The highest BCUT2D eigenvalue weighted by molar-refractivity contribution is 7.55. The minimum absolute atomic E-state index is 0.0263. The van der Waals surface area contributed by atoms with E-state index in [0.717, 1.165) is 10.9 Å². The number of nitrogens with one attached hydrogen (secondary N) is 1. The predicted molar refractivity (Wildman–Crippen MR) is 89.0 cm³/mol. The Bertz CT molecular complexity index is 813. The first-order valence-electron chi connectivity index (χ1n) is 7.56. The van der Waals surface area contributed by atoms with Crippen LogP contribution in [0.1, 0.15) is 25.0 Å². The zero-order valence-corrected chi connectivity index (χ0v) is 14.4. The molecule has 0 fully saturated rings. The zero-order valence-electron chi connectivity index (χ0n) is 13.5. The monoisotopic (exact) mass is 350 g/mol. The summed E-state index contributed by atoms with van der Waals surface area (Å²) in [6.07, 6.45) is 1.63. The molecular formula is C16H19N2O5P. The Labute approximate surface area is 139 Å². The average Bonchev–Trinajstić information content (AvgIpc) is 2.94. The highest BCUT2D eigenvalue weighted by Gasteiger charge is 2.41. The van der Waals surface area contributed by atoms with Crippen molar-refractivity contribution < 1.29 is 23.5 Å². The molecule has 2 aromatic rings. The molecule has 24 heavy (non-hydrogen) atoms. The highest BCUT2D eigenvalue weighted by Crippen LogP contribution is 2.54. The molecule has 0 aliphatic carbocycles. The van der Waals surface area contributed by atoms with Crippen LogP contribution in [-0.2, 0) is 24.8 Å². The van der Waals surface area contributed by atoms with Crippen molar-refractivity contribution in [1.82, 2.24) is 4.98 Å². The molecule has 8 heteroatoms. The SMILES string of the molecule is CCOP(=O)(OCC)C(Cc1c[nH]c2ccc(C#N)cc12)C(=O)O. The molecule has 7 nitrogen and oxygen atoms in total. The van der Waals surface area contributed by atoms with Gasteiger partial charge in [0.15, 0.2) is 5.66 Å². The summed E-state index contributed by atoms with van der Waals surface area (Å²) < 4.78 is 23.2. The van der Waals surface area contributed by atoms with E-state index in [9.17, 15) is 14.5 Å². The van der Waals surface area contributed by atoms with E-state index in [4.69, 9.17) is 14.3 Å². The molecule has 0 aliphatic rings. The molecule has 0 amide bonds. The number of rotatable bonds is 8. The summed E-state index contributed by atoms with van der Waals surface area (Å²) >= 11 is 0. The Morgan fingerprint density at radius 3 is 2.58 bits per heavy atom. The summed E-state index contributed by atoms with van der Waals surface area (Å²) in [5, 5.41) is 19.3. The van der Waals surface area contributed by atoms with E-state index < -0.39 is 19.2 Å². The second-order valence-corrected chi connectivity index (χ2v) is 7.34. The molecule has 0 aliphatic heterocycles. The zero-order chi connectivity index (χ0) is 17.7. The highest BCUT2D eigenvalue weighted by atomic mass is 31.2. The molecule has 0 spiro atoms. The number of carbonyl (C=O) groups is 1. The van der Waals surface area contributed by atoms with Crippen molar-refractivity contribution in [3.8, 4) is 6.07 Å². The van der Waals surface area contributed by atoms with Gasteiger partial charge in [0.1, 0.15) is 0 Å². The van der Waals surface area contributed by atoms with E-state index in [1.54, 1.807) is 38.2 Å². The molecule has 2 rings (SSSR count). The van der Waals surface area contributed by atoms with Crippen molar-refractivity contribution in [2.75, 3.05) is 13.2 Å². The molecule has 0 saturated carbocycles.